The average Bonchev–Trinajstić information content (AvgIpc) is 2.39. The fourth-order valence-electron chi connectivity index (χ4n) is 2.16. The van der Waals surface area contributed by atoms with Crippen molar-refractivity contribution in [1.82, 2.24) is 0 Å². The third-order valence-corrected chi connectivity index (χ3v) is 4.66. The maximum atomic E-state index is 11.9. The van der Waals surface area contributed by atoms with Crippen LogP contribution < -0.4 is 5.32 Å². The highest BCUT2D eigenvalue weighted by Gasteiger charge is 2.16. The van der Waals surface area contributed by atoms with Gasteiger partial charge in [0.1, 0.15) is 0 Å². The summed E-state index contributed by atoms with van der Waals surface area (Å²) in [6.45, 7) is 5.76. The molecule has 0 radical (unpaired) electrons. The molecule has 0 unspecified atom stereocenters. The third kappa shape index (κ3) is 5.32. The maximum Gasteiger partial charge on any atom is 0.261 e. The van der Waals surface area contributed by atoms with Crippen LogP contribution in [0.25, 0.3) is 0 Å². The van der Waals surface area contributed by atoms with Gasteiger partial charge in [0.2, 0.25) is 5.91 Å². The van der Waals surface area contributed by atoms with Crippen LogP contribution in [0.2, 0.25) is 0 Å². The lowest BCUT2D eigenvalue weighted by molar-refractivity contribution is -0.116. The summed E-state index contributed by atoms with van der Waals surface area (Å²) in [6.07, 6.45) is 4.04. The zero-order valence-corrected chi connectivity index (χ0v) is 14.3. The van der Waals surface area contributed by atoms with Gasteiger partial charge in [0.15, 0.2) is 0 Å². The summed E-state index contributed by atoms with van der Waals surface area (Å²) in [5, 5.41) is 2.89. The summed E-state index contributed by atoms with van der Waals surface area (Å²) >= 11 is 0. The van der Waals surface area contributed by atoms with E-state index in [1.807, 2.05) is 6.92 Å². The Kier molecular flexibility index (Phi) is 6.68. The lowest BCUT2D eigenvalue weighted by Crippen LogP contribution is -2.14. The van der Waals surface area contributed by atoms with E-state index in [1.54, 1.807) is 6.92 Å². The minimum atomic E-state index is -3.76. The van der Waals surface area contributed by atoms with Crippen molar-refractivity contribution in [2.75, 3.05) is 5.32 Å². The molecule has 21 heavy (non-hydrogen) atoms. The highest BCUT2D eigenvalue weighted by Crippen LogP contribution is 2.27. The van der Waals surface area contributed by atoms with Gasteiger partial charge >= 0.3 is 0 Å². The molecule has 0 fully saturated rings. The zero-order chi connectivity index (χ0) is 16.0. The molecule has 0 aliphatic carbocycles. The fraction of sp³-hybridized carbons (Fsp3) is 0.533. The third-order valence-electron chi connectivity index (χ3n) is 3.32. The predicted molar refractivity (Wildman–Crippen MR) is 86.4 cm³/mol. The number of aryl methyl sites for hydroxylation is 2. The smallest absolute Gasteiger partial charge is 0.261 e. The largest absolute Gasteiger partial charge is 0.326 e. The Morgan fingerprint density at radius 1 is 1.24 bits per heavy atom. The van der Waals surface area contributed by atoms with Crippen molar-refractivity contribution >= 4 is 31.3 Å². The fourth-order valence-corrected chi connectivity index (χ4v) is 3.03. The van der Waals surface area contributed by atoms with Crippen molar-refractivity contribution in [2.45, 2.75) is 57.8 Å². The Morgan fingerprint density at radius 2 is 1.90 bits per heavy atom. The molecule has 1 amide bonds. The minimum Gasteiger partial charge on any atom is -0.326 e. The van der Waals surface area contributed by atoms with E-state index < -0.39 is 9.05 Å². The molecule has 4 nitrogen and oxygen atoms in total. The molecule has 0 aliphatic heterocycles. The first-order valence-electron chi connectivity index (χ1n) is 7.17. The number of hydrogen-bond donors (Lipinski definition) is 1. The first-order valence-corrected chi connectivity index (χ1v) is 9.48. The number of unbranched alkanes of at least 4 members (excludes halogenated alkanes) is 2. The molecule has 6 heteroatoms. The van der Waals surface area contributed by atoms with Crippen LogP contribution in [-0.4, -0.2) is 14.3 Å². The number of halogens is 1. The van der Waals surface area contributed by atoms with Crippen LogP contribution in [0.15, 0.2) is 17.0 Å². The molecule has 118 valence electrons. The van der Waals surface area contributed by atoms with E-state index >= 15 is 0 Å². The SMILES string of the molecule is CCCCCC(=O)Nc1c(C)cc(S(=O)(=O)Cl)cc1CC. The van der Waals surface area contributed by atoms with E-state index in [4.69, 9.17) is 10.7 Å². The first kappa shape index (κ1) is 18.0. The Balaban J connectivity index is 3.00. The highest BCUT2D eigenvalue weighted by molar-refractivity contribution is 8.13. The normalized spacial score (nSPS) is 11.4. The number of carbonyl (C=O) groups is 1. The van der Waals surface area contributed by atoms with Crippen molar-refractivity contribution in [1.29, 1.82) is 0 Å². The quantitative estimate of drug-likeness (QED) is 0.606. The second kappa shape index (κ2) is 7.80. The van der Waals surface area contributed by atoms with Crippen molar-refractivity contribution < 1.29 is 13.2 Å². The average molecular weight is 332 g/mol. The van der Waals surface area contributed by atoms with Crippen LogP contribution in [0.5, 0.6) is 0 Å². The first-order chi connectivity index (χ1) is 9.79. The molecule has 0 atom stereocenters. The van der Waals surface area contributed by atoms with Crippen LogP contribution in [-0.2, 0) is 20.3 Å². The van der Waals surface area contributed by atoms with E-state index in [0.717, 1.165) is 24.8 Å². The second-order valence-electron chi connectivity index (χ2n) is 5.07. The van der Waals surface area contributed by atoms with Gasteiger partial charge in [-0.2, -0.15) is 0 Å². The molecular formula is C15H22ClNO3S. The van der Waals surface area contributed by atoms with Gasteiger partial charge in [-0.25, -0.2) is 8.42 Å². The molecule has 1 N–H and O–H groups in total. The second-order valence-corrected chi connectivity index (χ2v) is 7.64. The summed E-state index contributed by atoms with van der Waals surface area (Å²) in [5.74, 6) is -0.0391. The van der Waals surface area contributed by atoms with Gasteiger partial charge in [0.25, 0.3) is 9.05 Å². The molecule has 1 rings (SSSR count). The molecule has 0 aliphatic rings. The van der Waals surface area contributed by atoms with Gasteiger partial charge in [0, 0.05) is 22.8 Å². The molecule has 1 aromatic rings. The van der Waals surface area contributed by atoms with Crippen molar-refractivity contribution in [2.24, 2.45) is 0 Å². The predicted octanol–water partition coefficient (Wildman–Crippen LogP) is 4.00. The summed E-state index contributed by atoms with van der Waals surface area (Å²) < 4.78 is 22.9. The lowest BCUT2D eigenvalue weighted by atomic mass is 10.1. The highest BCUT2D eigenvalue weighted by atomic mass is 35.7. The van der Waals surface area contributed by atoms with E-state index in [-0.39, 0.29) is 10.8 Å². The number of anilines is 1. The van der Waals surface area contributed by atoms with E-state index in [2.05, 4.69) is 12.2 Å². The lowest BCUT2D eigenvalue weighted by Gasteiger charge is -2.14. The van der Waals surface area contributed by atoms with Gasteiger partial charge in [-0.15, -0.1) is 0 Å². The molecule has 0 heterocycles. The molecule has 0 aromatic heterocycles. The summed E-state index contributed by atoms with van der Waals surface area (Å²) in [6, 6.07) is 3.01. The Hall–Kier alpha value is -1.07. The van der Waals surface area contributed by atoms with E-state index in [1.165, 1.54) is 12.1 Å². The Bertz CT molecular complexity index is 612. The number of carbonyl (C=O) groups excluding carboxylic acids is 1. The van der Waals surface area contributed by atoms with Crippen LogP contribution in [0.3, 0.4) is 0 Å². The van der Waals surface area contributed by atoms with Crippen LogP contribution in [0.1, 0.15) is 50.7 Å². The number of hydrogen-bond acceptors (Lipinski definition) is 3. The molecule has 0 bridgehead atoms. The summed E-state index contributed by atoms with van der Waals surface area (Å²) in [7, 11) is 1.63. The van der Waals surface area contributed by atoms with Gasteiger partial charge in [0.05, 0.1) is 4.90 Å². The standard InChI is InChI=1S/C15H22ClNO3S/c1-4-6-7-8-14(18)17-15-11(3)9-13(21(16,19)20)10-12(15)5-2/h9-10H,4-8H2,1-3H3,(H,17,18). The minimum absolute atomic E-state index is 0.0391. The Morgan fingerprint density at radius 3 is 2.43 bits per heavy atom. The van der Waals surface area contributed by atoms with Crippen molar-refractivity contribution in [3.63, 3.8) is 0 Å². The molecule has 0 saturated carbocycles. The van der Waals surface area contributed by atoms with E-state index in [0.29, 0.717) is 24.1 Å². The number of rotatable bonds is 7. The van der Waals surface area contributed by atoms with Crippen LogP contribution in [0.4, 0.5) is 5.69 Å². The Labute approximate surface area is 131 Å². The van der Waals surface area contributed by atoms with Gasteiger partial charge < -0.3 is 5.32 Å². The topological polar surface area (TPSA) is 63.2 Å². The number of benzene rings is 1. The number of nitrogens with one attached hydrogen (secondary N) is 1. The number of amides is 1. The zero-order valence-electron chi connectivity index (χ0n) is 12.7. The van der Waals surface area contributed by atoms with Crippen molar-refractivity contribution in [3.05, 3.63) is 23.3 Å². The van der Waals surface area contributed by atoms with E-state index in [9.17, 15) is 13.2 Å². The molecule has 1 aromatic carbocycles. The maximum absolute atomic E-state index is 11.9. The van der Waals surface area contributed by atoms with Gasteiger partial charge in [-0.3, -0.25) is 4.79 Å². The molecular weight excluding hydrogens is 310 g/mol. The monoisotopic (exact) mass is 331 g/mol. The van der Waals surface area contributed by atoms with Crippen LogP contribution in [0, 0.1) is 6.92 Å². The molecule has 0 spiro atoms. The summed E-state index contributed by atoms with van der Waals surface area (Å²) in [4.78, 5) is 12.0. The van der Waals surface area contributed by atoms with Crippen molar-refractivity contribution in [3.8, 4) is 0 Å². The van der Waals surface area contributed by atoms with Gasteiger partial charge in [-0.05, 0) is 43.0 Å². The van der Waals surface area contributed by atoms with Gasteiger partial charge in [-0.1, -0.05) is 26.7 Å². The van der Waals surface area contributed by atoms with Crippen LogP contribution >= 0.6 is 10.7 Å². The molecule has 0 saturated heterocycles. The summed E-state index contributed by atoms with van der Waals surface area (Å²) in [5.41, 5.74) is 2.18.